The van der Waals surface area contributed by atoms with Crippen molar-refractivity contribution in [1.82, 2.24) is 0 Å². The second-order valence-electron chi connectivity index (χ2n) is 8.37. The highest BCUT2D eigenvalue weighted by molar-refractivity contribution is 5.33. The Balaban J connectivity index is 0.000000292. The van der Waals surface area contributed by atoms with Gasteiger partial charge in [0.15, 0.2) is 23.3 Å². The first kappa shape index (κ1) is 24.2. The van der Waals surface area contributed by atoms with Crippen LogP contribution in [0.15, 0.2) is 24.3 Å². The lowest BCUT2D eigenvalue weighted by molar-refractivity contribution is 0.414. The van der Waals surface area contributed by atoms with E-state index in [1.54, 1.807) is 0 Å². The first-order chi connectivity index (χ1) is 12.9. The maximum atomic E-state index is 13.5. The van der Waals surface area contributed by atoms with E-state index in [-0.39, 0.29) is 0 Å². The molecule has 0 aliphatic rings. The molecule has 0 aromatic heterocycles. The molecule has 0 radical (unpaired) electrons. The van der Waals surface area contributed by atoms with Gasteiger partial charge in [-0.05, 0) is 34.8 Å². The number of halogens is 4. The Bertz CT molecular complexity index is 677. The molecule has 0 atom stereocenters. The number of benzene rings is 2. The van der Waals surface area contributed by atoms with Crippen LogP contribution in [0.25, 0.3) is 0 Å². The van der Waals surface area contributed by atoms with Gasteiger partial charge in [0.1, 0.15) is 0 Å². The second kappa shape index (κ2) is 10.1. The molecule has 0 saturated heterocycles. The van der Waals surface area contributed by atoms with Crippen molar-refractivity contribution in [3.8, 4) is 0 Å². The molecule has 2 aromatic carbocycles. The van der Waals surface area contributed by atoms with Crippen LogP contribution in [0.4, 0.5) is 17.6 Å². The van der Waals surface area contributed by atoms with E-state index in [0.29, 0.717) is 11.8 Å². The highest BCUT2D eigenvalue weighted by Gasteiger charge is 2.27. The van der Waals surface area contributed by atoms with E-state index in [2.05, 4.69) is 52.0 Å². The van der Waals surface area contributed by atoms with Crippen molar-refractivity contribution in [2.75, 3.05) is 0 Å². The van der Waals surface area contributed by atoms with Crippen molar-refractivity contribution >= 4 is 0 Å². The lowest BCUT2D eigenvalue weighted by atomic mass is 9.94. The Morgan fingerprint density at radius 2 is 0.643 bits per heavy atom. The van der Waals surface area contributed by atoms with Crippen molar-refractivity contribution in [3.05, 3.63) is 69.8 Å². The molecule has 0 amide bonds. The summed E-state index contributed by atoms with van der Waals surface area (Å²) < 4.78 is 54.1. The minimum absolute atomic E-state index is 0.528. The molecule has 156 valence electrons. The van der Waals surface area contributed by atoms with Crippen molar-refractivity contribution in [2.24, 2.45) is 0 Å². The van der Waals surface area contributed by atoms with E-state index in [9.17, 15) is 17.6 Å². The van der Waals surface area contributed by atoms with Gasteiger partial charge in [0.2, 0.25) is 0 Å². The van der Waals surface area contributed by atoms with Gasteiger partial charge in [-0.1, -0.05) is 79.7 Å². The van der Waals surface area contributed by atoms with E-state index in [0.717, 1.165) is 0 Å². The lowest BCUT2D eigenvalue weighted by Gasteiger charge is -2.15. The summed E-state index contributed by atoms with van der Waals surface area (Å²) in [5.74, 6) is -5.04. The van der Waals surface area contributed by atoms with E-state index >= 15 is 0 Å². The van der Waals surface area contributed by atoms with Gasteiger partial charge in [-0.15, -0.1) is 0 Å². The van der Waals surface area contributed by atoms with E-state index < -0.39 is 46.2 Å². The van der Waals surface area contributed by atoms with Crippen LogP contribution in [-0.2, 0) is 0 Å². The molecular weight excluding hydrogens is 364 g/mol. The highest BCUT2D eigenvalue weighted by Crippen LogP contribution is 2.32. The zero-order chi connectivity index (χ0) is 21.8. The minimum atomic E-state index is -1.28. The highest BCUT2D eigenvalue weighted by atomic mass is 19.2. The smallest absolute Gasteiger partial charge is 0.165 e. The summed E-state index contributed by atoms with van der Waals surface area (Å²) in [4.78, 5) is 0. The fourth-order valence-electron chi connectivity index (χ4n) is 2.95. The largest absolute Gasteiger partial charge is 0.203 e. The normalized spacial score (nSPS) is 11.4. The topological polar surface area (TPSA) is 0 Å². The lowest BCUT2D eigenvalue weighted by Crippen LogP contribution is -2.10. The fraction of sp³-hybridized carbons (Fsp3) is 0.500. The van der Waals surface area contributed by atoms with Gasteiger partial charge < -0.3 is 0 Å². The average molecular weight is 397 g/mol. The molecular formula is C24H32F4. The van der Waals surface area contributed by atoms with Crippen LogP contribution in [0, 0.1) is 23.3 Å². The van der Waals surface area contributed by atoms with Crippen molar-refractivity contribution in [3.63, 3.8) is 0 Å². The first-order valence-electron chi connectivity index (χ1n) is 9.85. The van der Waals surface area contributed by atoms with E-state index in [4.69, 9.17) is 0 Å². The standard InChI is InChI=1S/C12H14F4.C12H18/c1-5(2)7-9(13)11(15)8(6(3)4)12(16)10(7)14;1-9(2)11-5-7-12(8-6-11)10(3)4/h5-6H,1-4H3;5-10H,1-4H3. The molecule has 0 fully saturated rings. The Hall–Kier alpha value is -1.84. The maximum absolute atomic E-state index is 13.5. The van der Waals surface area contributed by atoms with Crippen molar-refractivity contribution in [2.45, 2.75) is 79.1 Å². The third kappa shape index (κ3) is 5.59. The minimum Gasteiger partial charge on any atom is -0.203 e. The molecule has 4 heteroatoms. The van der Waals surface area contributed by atoms with Gasteiger partial charge in [-0.3, -0.25) is 0 Å². The van der Waals surface area contributed by atoms with Crippen LogP contribution >= 0.6 is 0 Å². The predicted molar refractivity (Wildman–Crippen MR) is 109 cm³/mol. The van der Waals surface area contributed by atoms with Gasteiger partial charge in [-0.2, -0.15) is 0 Å². The van der Waals surface area contributed by atoms with Gasteiger partial charge >= 0.3 is 0 Å². The molecule has 0 nitrogen and oxygen atoms in total. The van der Waals surface area contributed by atoms with Crippen LogP contribution in [-0.4, -0.2) is 0 Å². The van der Waals surface area contributed by atoms with Crippen LogP contribution in [0.1, 0.15) is 101 Å². The Morgan fingerprint density at radius 3 is 0.786 bits per heavy atom. The van der Waals surface area contributed by atoms with E-state index in [1.165, 1.54) is 38.8 Å². The van der Waals surface area contributed by atoms with Crippen molar-refractivity contribution < 1.29 is 17.6 Å². The molecule has 0 N–H and O–H groups in total. The third-order valence-corrected chi connectivity index (χ3v) is 4.76. The molecule has 0 spiro atoms. The summed E-state index contributed by atoms with van der Waals surface area (Å²) in [6.07, 6.45) is 0. The van der Waals surface area contributed by atoms with Crippen LogP contribution in [0.3, 0.4) is 0 Å². The number of hydrogen-bond acceptors (Lipinski definition) is 0. The summed E-state index contributed by atoms with van der Waals surface area (Å²) in [6, 6.07) is 8.94. The first-order valence-corrected chi connectivity index (χ1v) is 9.85. The zero-order valence-corrected chi connectivity index (χ0v) is 18.1. The Kier molecular flexibility index (Phi) is 8.72. The molecule has 2 aromatic rings. The molecule has 0 aliphatic carbocycles. The Labute approximate surface area is 167 Å². The number of rotatable bonds is 4. The monoisotopic (exact) mass is 396 g/mol. The summed E-state index contributed by atoms with van der Waals surface area (Å²) in [5.41, 5.74) is 1.80. The molecule has 0 bridgehead atoms. The maximum Gasteiger partial charge on any atom is 0.165 e. The van der Waals surface area contributed by atoms with Crippen LogP contribution in [0.5, 0.6) is 0 Å². The van der Waals surface area contributed by atoms with Gasteiger partial charge in [-0.25, -0.2) is 17.6 Å². The molecule has 0 aliphatic heterocycles. The predicted octanol–water partition coefficient (Wildman–Crippen LogP) is 8.42. The summed E-state index contributed by atoms with van der Waals surface area (Å²) in [5, 5.41) is 0. The molecule has 0 saturated carbocycles. The molecule has 0 heterocycles. The van der Waals surface area contributed by atoms with Gasteiger partial charge in [0.05, 0.1) is 0 Å². The third-order valence-electron chi connectivity index (χ3n) is 4.76. The summed E-state index contributed by atoms with van der Waals surface area (Å²) in [7, 11) is 0. The molecule has 0 unspecified atom stereocenters. The van der Waals surface area contributed by atoms with Gasteiger partial charge in [0.25, 0.3) is 0 Å². The SMILES string of the molecule is CC(C)c1c(F)c(F)c(C(C)C)c(F)c1F.CC(C)c1ccc(C(C)C)cc1. The summed E-state index contributed by atoms with van der Waals surface area (Å²) >= 11 is 0. The van der Waals surface area contributed by atoms with E-state index in [1.807, 2.05) is 0 Å². The summed E-state index contributed by atoms with van der Waals surface area (Å²) in [6.45, 7) is 14.8. The quantitative estimate of drug-likeness (QED) is 0.359. The fourth-order valence-corrected chi connectivity index (χ4v) is 2.95. The second-order valence-corrected chi connectivity index (χ2v) is 8.37. The zero-order valence-electron chi connectivity index (χ0n) is 18.1. The van der Waals surface area contributed by atoms with Crippen molar-refractivity contribution in [1.29, 1.82) is 0 Å². The Morgan fingerprint density at radius 1 is 0.429 bits per heavy atom. The molecule has 28 heavy (non-hydrogen) atoms. The van der Waals surface area contributed by atoms with Crippen LogP contribution in [0.2, 0.25) is 0 Å². The average Bonchev–Trinajstić information content (AvgIpc) is 2.60. The van der Waals surface area contributed by atoms with Gasteiger partial charge in [0, 0.05) is 11.1 Å². The van der Waals surface area contributed by atoms with Crippen LogP contribution < -0.4 is 0 Å². The molecule has 2 rings (SSSR count). The number of hydrogen-bond donors (Lipinski definition) is 0.